The minimum Gasteiger partial charge on any atom is -0.481 e. The van der Waals surface area contributed by atoms with Gasteiger partial charge < -0.3 is 5.11 Å². The molecule has 0 radical (unpaired) electrons. The fraction of sp³-hybridized carbons (Fsp3) is 0.364. The number of aromatic nitrogens is 3. The molecule has 2 aromatic rings. The Hall–Kier alpha value is -1.91. The number of carbonyl (C=O) groups is 1. The molecule has 0 saturated heterocycles. The maximum Gasteiger partial charge on any atom is 0.304 e. The SMILES string of the molecule is CC(C)(CC(=O)O)c1nc2ccccn2n1. The molecule has 0 amide bonds. The molecule has 0 spiro atoms. The van der Waals surface area contributed by atoms with Crippen LogP contribution in [0.15, 0.2) is 24.4 Å². The Morgan fingerprint density at radius 1 is 1.50 bits per heavy atom. The second kappa shape index (κ2) is 3.59. The summed E-state index contributed by atoms with van der Waals surface area (Å²) in [6, 6.07) is 5.57. The number of rotatable bonds is 3. The summed E-state index contributed by atoms with van der Waals surface area (Å²) in [6.45, 7) is 3.66. The number of pyridine rings is 1. The largest absolute Gasteiger partial charge is 0.481 e. The van der Waals surface area contributed by atoms with Gasteiger partial charge in [-0.05, 0) is 12.1 Å². The van der Waals surface area contributed by atoms with Crippen molar-refractivity contribution in [2.75, 3.05) is 0 Å². The highest BCUT2D eigenvalue weighted by molar-refractivity contribution is 5.68. The zero-order valence-corrected chi connectivity index (χ0v) is 9.21. The Bertz CT molecular complexity index is 498. The lowest BCUT2D eigenvalue weighted by molar-refractivity contribution is -0.138. The molecule has 84 valence electrons. The van der Waals surface area contributed by atoms with Crippen molar-refractivity contribution in [2.24, 2.45) is 0 Å². The van der Waals surface area contributed by atoms with E-state index >= 15 is 0 Å². The van der Waals surface area contributed by atoms with Crippen LogP contribution in [0.5, 0.6) is 0 Å². The van der Waals surface area contributed by atoms with E-state index in [9.17, 15) is 4.79 Å². The number of aliphatic carboxylic acids is 1. The Morgan fingerprint density at radius 2 is 2.25 bits per heavy atom. The van der Waals surface area contributed by atoms with Crippen molar-refractivity contribution in [3.63, 3.8) is 0 Å². The molecule has 0 fully saturated rings. The van der Waals surface area contributed by atoms with Gasteiger partial charge in [0.15, 0.2) is 11.5 Å². The van der Waals surface area contributed by atoms with Crippen LogP contribution in [0.2, 0.25) is 0 Å². The van der Waals surface area contributed by atoms with Crippen LogP contribution in [-0.2, 0) is 10.2 Å². The van der Waals surface area contributed by atoms with E-state index in [1.807, 2.05) is 32.0 Å². The second-order valence-corrected chi connectivity index (χ2v) is 4.39. The van der Waals surface area contributed by atoms with Gasteiger partial charge in [0.2, 0.25) is 0 Å². The summed E-state index contributed by atoms with van der Waals surface area (Å²) >= 11 is 0. The molecule has 0 aliphatic heterocycles. The summed E-state index contributed by atoms with van der Waals surface area (Å²) in [5.41, 5.74) is 0.175. The molecular weight excluding hydrogens is 206 g/mol. The summed E-state index contributed by atoms with van der Waals surface area (Å²) in [7, 11) is 0. The molecule has 0 unspecified atom stereocenters. The molecule has 0 bridgehead atoms. The second-order valence-electron chi connectivity index (χ2n) is 4.39. The molecule has 2 aromatic heterocycles. The lowest BCUT2D eigenvalue weighted by Gasteiger charge is -2.17. The summed E-state index contributed by atoms with van der Waals surface area (Å²) in [5.74, 6) is -0.287. The standard InChI is InChI=1S/C11H13N3O2/c1-11(2,7-9(15)16)10-12-8-5-3-4-6-14(8)13-10/h3-6H,7H2,1-2H3,(H,15,16). The van der Waals surface area contributed by atoms with Gasteiger partial charge in [-0.2, -0.15) is 5.10 Å². The van der Waals surface area contributed by atoms with Crippen molar-refractivity contribution < 1.29 is 9.90 Å². The van der Waals surface area contributed by atoms with Gasteiger partial charge in [-0.3, -0.25) is 4.79 Å². The third-order valence-corrected chi connectivity index (χ3v) is 2.44. The number of carboxylic acid groups (broad SMARTS) is 1. The highest BCUT2D eigenvalue weighted by atomic mass is 16.4. The van der Waals surface area contributed by atoms with Crippen LogP contribution in [0.3, 0.4) is 0 Å². The smallest absolute Gasteiger partial charge is 0.304 e. The number of hydrogen-bond acceptors (Lipinski definition) is 3. The normalized spacial score (nSPS) is 11.9. The van der Waals surface area contributed by atoms with Gasteiger partial charge in [0.25, 0.3) is 0 Å². The monoisotopic (exact) mass is 219 g/mol. The van der Waals surface area contributed by atoms with Crippen LogP contribution in [0, 0.1) is 0 Å². The van der Waals surface area contributed by atoms with Gasteiger partial charge in [0.1, 0.15) is 0 Å². The van der Waals surface area contributed by atoms with Crippen LogP contribution in [0.25, 0.3) is 5.65 Å². The van der Waals surface area contributed by atoms with Gasteiger partial charge in [-0.25, -0.2) is 9.50 Å². The molecule has 0 saturated carbocycles. The highest BCUT2D eigenvalue weighted by Gasteiger charge is 2.28. The maximum atomic E-state index is 10.7. The molecular formula is C11H13N3O2. The Kier molecular flexibility index (Phi) is 2.38. The van der Waals surface area contributed by atoms with Crippen LogP contribution < -0.4 is 0 Å². The van der Waals surface area contributed by atoms with Crippen molar-refractivity contribution in [3.05, 3.63) is 30.2 Å². The van der Waals surface area contributed by atoms with Gasteiger partial charge >= 0.3 is 5.97 Å². The average Bonchev–Trinajstić information content (AvgIpc) is 2.59. The maximum absolute atomic E-state index is 10.7. The topological polar surface area (TPSA) is 67.5 Å². The third-order valence-electron chi connectivity index (χ3n) is 2.44. The molecule has 0 atom stereocenters. The Morgan fingerprint density at radius 3 is 2.88 bits per heavy atom. The average molecular weight is 219 g/mol. The summed E-state index contributed by atoms with van der Waals surface area (Å²) in [6.07, 6.45) is 1.81. The third kappa shape index (κ3) is 1.88. The Labute approximate surface area is 92.7 Å². The predicted octanol–water partition coefficient (Wildman–Crippen LogP) is 1.48. The van der Waals surface area contributed by atoms with Gasteiger partial charge in [-0.1, -0.05) is 19.9 Å². The van der Waals surface area contributed by atoms with E-state index < -0.39 is 11.4 Å². The first-order valence-electron chi connectivity index (χ1n) is 5.03. The molecule has 2 rings (SSSR count). The van der Waals surface area contributed by atoms with E-state index in [0.717, 1.165) is 5.65 Å². The molecule has 0 aromatic carbocycles. The quantitative estimate of drug-likeness (QED) is 0.849. The van der Waals surface area contributed by atoms with Crippen molar-refractivity contribution in [2.45, 2.75) is 25.7 Å². The van der Waals surface area contributed by atoms with E-state index in [1.54, 1.807) is 10.7 Å². The van der Waals surface area contributed by atoms with E-state index in [0.29, 0.717) is 5.82 Å². The van der Waals surface area contributed by atoms with E-state index in [1.165, 1.54) is 0 Å². The molecule has 5 nitrogen and oxygen atoms in total. The van der Waals surface area contributed by atoms with Crippen molar-refractivity contribution in [1.29, 1.82) is 0 Å². The van der Waals surface area contributed by atoms with Crippen LogP contribution in [0.1, 0.15) is 26.1 Å². The van der Waals surface area contributed by atoms with Crippen LogP contribution >= 0.6 is 0 Å². The Balaban J connectivity index is 2.43. The highest BCUT2D eigenvalue weighted by Crippen LogP contribution is 2.24. The van der Waals surface area contributed by atoms with Crippen molar-refractivity contribution in [1.82, 2.24) is 14.6 Å². The molecule has 2 heterocycles. The lowest BCUT2D eigenvalue weighted by atomic mass is 9.89. The minimum atomic E-state index is -0.844. The van der Waals surface area contributed by atoms with Crippen molar-refractivity contribution >= 4 is 11.6 Å². The van der Waals surface area contributed by atoms with Gasteiger partial charge in [0.05, 0.1) is 6.42 Å². The zero-order chi connectivity index (χ0) is 11.8. The van der Waals surface area contributed by atoms with Gasteiger partial charge in [-0.15, -0.1) is 0 Å². The number of fused-ring (bicyclic) bond motifs is 1. The van der Waals surface area contributed by atoms with Crippen molar-refractivity contribution in [3.8, 4) is 0 Å². The fourth-order valence-electron chi connectivity index (χ4n) is 1.58. The molecule has 5 heteroatoms. The van der Waals surface area contributed by atoms with E-state index in [2.05, 4.69) is 10.1 Å². The van der Waals surface area contributed by atoms with E-state index in [-0.39, 0.29) is 6.42 Å². The molecule has 0 aliphatic rings. The summed E-state index contributed by atoms with van der Waals surface area (Å²) < 4.78 is 1.65. The first kappa shape index (κ1) is 10.6. The number of hydrogen-bond donors (Lipinski definition) is 1. The summed E-state index contributed by atoms with van der Waals surface area (Å²) in [5, 5.41) is 13.1. The van der Waals surface area contributed by atoms with E-state index in [4.69, 9.17) is 5.11 Å². The minimum absolute atomic E-state index is 0.0177. The lowest BCUT2D eigenvalue weighted by Crippen LogP contribution is -2.23. The predicted molar refractivity (Wildman–Crippen MR) is 58.3 cm³/mol. The zero-order valence-electron chi connectivity index (χ0n) is 9.21. The first-order valence-corrected chi connectivity index (χ1v) is 5.03. The van der Waals surface area contributed by atoms with Gasteiger partial charge in [0, 0.05) is 11.6 Å². The number of nitrogens with zero attached hydrogens (tertiary/aromatic N) is 3. The first-order chi connectivity index (χ1) is 7.49. The molecule has 1 N–H and O–H groups in total. The van der Waals surface area contributed by atoms with Crippen LogP contribution in [-0.4, -0.2) is 25.7 Å². The van der Waals surface area contributed by atoms with Crippen LogP contribution in [0.4, 0.5) is 0 Å². The fourth-order valence-corrected chi connectivity index (χ4v) is 1.58. The number of carboxylic acids is 1. The molecule has 0 aliphatic carbocycles. The molecule has 16 heavy (non-hydrogen) atoms. The summed E-state index contributed by atoms with van der Waals surface area (Å²) in [4.78, 5) is 15.1.